The zero-order valence-corrected chi connectivity index (χ0v) is 14.5. The van der Waals surface area contributed by atoms with E-state index >= 15 is 0 Å². The normalized spacial score (nSPS) is 13.1. The zero-order valence-electron chi connectivity index (χ0n) is 13.7. The van der Waals surface area contributed by atoms with E-state index in [1.165, 1.54) is 19.3 Å². The van der Waals surface area contributed by atoms with Crippen molar-refractivity contribution in [3.8, 4) is 0 Å². The fourth-order valence-corrected chi connectivity index (χ4v) is 3.13. The molecule has 0 aliphatic carbocycles. The van der Waals surface area contributed by atoms with Gasteiger partial charge in [0, 0.05) is 18.6 Å². The molecule has 1 aromatic carbocycles. The molecule has 1 N–H and O–H groups in total. The first kappa shape index (κ1) is 16.5. The molecule has 7 heteroatoms. The van der Waals surface area contributed by atoms with Crippen molar-refractivity contribution in [1.82, 2.24) is 9.71 Å². The van der Waals surface area contributed by atoms with Crippen LogP contribution in [0, 0.1) is 0 Å². The van der Waals surface area contributed by atoms with Crippen molar-refractivity contribution in [2.45, 2.75) is 17.9 Å². The fraction of sp³-hybridized carbons (Fsp3) is 0.235. The highest BCUT2D eigenvalue weighted by molar-refractivity contribution is 7.89. The Hall–Kier alpha value is -2.38. The number of sulfonamides is 1. The predicted molar refractivity (Wildman–Crippen MR) is 93.5 cm³/mol. The van der Waals surface area contributed by atoms with E-state index in [0.29, 0.717) is 5.82 Å². The maximum atomic E-state index is 11.8. The van der Waals surface area contributed by atoms with Crippen LogP contribution >= 0.6 is 0 Å². The highest BCUT2D eigenvalue weighted by Crippen LogP contribution is 2.29. The second-order valence-electron chi connectivity index (χ2n) is 5.53. The number of aromatic nitrogens is 1. The highest BCUT2D eigenvalue weighted by atomic mass is 32.2. The van der Waals surface area contributed by atoms with E-state index in [9.17, 15) is 8.42 Å². The molecule has 6 nitrogen and oxygen atoms in total. The van der Waals surface area contributed by atoms with Crippen molar-refractivity contribution in [2.75, 3.05) is 19.0 Å². The van der Waals surface area contributed by atoms with E-state index in [-0.39, 0.29) is 10.9 Å². The topological polar surface area (TPSA) is 75.4 Å². The lowest BCUT2D eigenvalue weighted by Gasteiger charge is -2.24. The standard InChI is InChI=1S/C17H19N3O3S/c1-12(16-10-13-6-4-5-7-15(13)23-16)20(3)17-9-8-14(11-19-17)24(21,22)18-2/h4-12,18H,1-3H3. The summed E-state index contributed by atoms with van der Waals surface area (Å²) in [7, 11) is -0.211. The summed E-state index contributed by atoms with van der Waals surface area (Å²) < 4.78 is 31.7. The van der Waals surface area contributed by atoms with Crippen LogP contribution in [0.1, 0.15) is 18.7 Å². The molecular formula is C17H19N3O3S. The monoisotopic (exact) mass is 345 g/mol. The Morgan fingerprint density at radius 3 is 2.58 bits per heavy atom. The van der Waals surface area contributed by atoms with Gasteiger partial charge in [0.05, 0.1) is 6.04 Å². The van der Waals surface area contributed by atoms with E-state index in [1.54, 1.807) is 6.07 Å². The number of hydrogen-bond acceptors (Lipinski definition) is 5. The molecule has 2 heterocycles. The number of fused-ring (bicyclic) bond motifs is 1. The Bertz CT molecular complexity index is 916. The molecule has 0 spiro atoms. The number of hydrogen-bond donors (Lipinski definition) is 1. The molecule has 0 aliphatic rings. The molecule has 3 aromatic rings. The van der Waals surface area contributed by atoms with Gasteiger partial charge in [0.25, 0.3) is 0 Å². The molecule has 0 amide bonds. The van der Waals surface area contributed by atoms with E-state index in [0.717, 1.165) is 16.7 Å². The van der Waals surface area contributed by atoms with Crippen molar-refractivity contribution >= 4 is 26.8 Å². The Morgan fingerprint density at radius 1 is 1.21 bits per heavy atom. The SMILES string of the molecule is CNS(=O)(=O)c1ccc(N(C)C(C)c2cc3ccccc3o2)nc1. The first-order valence-corrected chi connectivity index (χ1v) is 9.01. The van der Waals surface area contributed by atoms with Gasteiger partial charge < -0.3 is 9.32 Å². The second-order valence-corrected chi connectivity index (χ2v) is 7.42. The molecule has 3 rings (SSSR count). The Balaban J connectivity index is 1.86. The van der Waals surface area contributed by atoms with Gasteiger partial charge in [-0.25, -0.2) is 18.1 Å². The van der Waals surface area contributed by atoms with Crippen LogP contribution < -0.4 is 9.62 Å². The van der Waals surface area contributed by atoms with Gasteiger partial charge >= 0.3 is 0 Å². The summed E-state index contributed by atoms with van der Waals surface area (Å²) in [6.45, 7) is 2.01. The van der Waals surface area contributed by atoms with E-state index < -0.39 is 10.0 Å². The molecule has 1 atom stereocenters. The van der Waals surface area contributed by atoms with Crippen LogP contribution in [0.2, 0.25) is 0 Å². The van der Waals surface area contributed by atoms with Gasteiger partial charge in [0.1, 0.15) is 22.1 Å². The summed E-state index contributed by atoms with van der Waals surface area (Å²) in [5.74, 6) is 1.49. The van der Waals surface area contributed by atoms with Crippen molar-refractivity contribution < 1.29 is 12.8 Å². The molecule has 0 saturated carbocycles. The van der Waals surface area contributed by atoms with Gasteiger partial charge in [-0.1, -0.05) is 18.2 Å². The minimum absolute atomic E-state index is 0.0448. The summed E-state index contributed by atoms with van der Waals surface area (Å²) in [5, 5.41) is 1.05. The summed E-state index contributed by atoms with van der Waals surface area (Å²) >= 11 is 0. The summed E-state index contributed by atoms with van der Waals surface area (Å²) in [5.41, 5.74) is 0.844. The maximum absolute atomic E-state index is 11.8. The average molecular weight is 345 g/mol. The third-order valence-electron chi connectivity index (χ3n) is 4.10. The second kappa shape index (κ2) is 6.26. The Morgan fingerprint density at radius 2 is 1.96 bits per heavy atom. The molecule has 2 aromatic heterocycles. The van der Waals surface area contributed by atoms with Crippen LogP contribution in [-0.2, 0) is 10.0 Å². The molecule has 24 heavy (non-hydrogen) atoms. The summed E-state index contributed by atoms with van der Waals surface area (Å²) in [4.78, 5) is 6.33. The lowest BCUT2D eigenvalue weighted by molar-refractivity contribution is 0.500. The first-order chi connectivity index (χ1) is 11.4. The first-order valence-electron chi connectivity index (χ1n) is 7.53. The maximum Gasteiger partial charge on any atom is 0.241 e. The van der Waals surface area contributed by atoms with Crippen molar-refractivity contribution in [3.63, 3.8) is 0 Å². The lowest BCUT2D eigenvalue weighted by Crippen LogP contribution is -2.23. The number of para-hydroxylation sites is 1. The number of pyridine rings is 1. The van der Waals surface area contributed by atoms with Crippen molar-refractivity contribution in [1.29, 1.82) is 0 Å². The van der Waals surface area contributed by atoms with Gasteiger partial charge in [-0.2, -0.15) is 0 Å². The number of benzene rings is 1. The minimum atomic E-state index is -3.48. The van der Waals surface area contributed by atoms with Crippen LogP contribution in [0.25, 0.3) is 11.0 Å². The summed E-state index contributed by atoms with van der Waals surface area (Å²) in [6, 6.07) is 13.0. The highest BCUT2D eigenvalue weighted by Gasteiger charge is 2.19. The Labute approximate surface area is 141 Å². The summed E-state index contributed by atoms with van der Waals surface area (Å²) in [6.07, 6.45) is 1.35. The van der Waals surface area contributed by atoms with Crippen LogP contribution in [0.15, 0.2) is 58.0 Å². The third kappa shape index (κ3) is 3.00. The minimum Gasteiger partial charge on any atom is -0.459 e. The zero-order chi connectivity index (χ0) is 17.3. The number of furan rings is 1. The largest absolute Gasteiger partial charge is 0.459 e. The van der Waals surface area contributed by atoms with Gasteiger partial charge in [-0.15, -0.1) is 0 Å². The van der Waals surface area contributed by atoms with Gasteiger partial charge in [0.15, 0.2) is 0 Å². The molecular weight excluding hydrogens is 326 g/mol. The van der Waals surface area contributed by atoms with Crippen LogP contribution in [0.5, 0.6) is 0 Å². The molecule has 0 radical (unpaired) electrons. The smallest absolute Gasteiger partial charge is 0.241 e. The van der Waals surface area contributed by atoms with Crippen molar-refractivity contribution in [2.24, 2.45) is 0 Å². The quantitative estimate of drug-likeness (QED) is 0.769. The van der Waals surface area contributed by atoms with Gasteiger partial charge in [-0.05, 0) is 38.2 Å². The fourth-order valence-electron chi connectivity index (χ4n) is 2.46. The Kier molecular flexibility index (Phi) is 4.29. The van der Waals surface area contributed by atoms with Gasteiger partial charge in [-0.3, -0.25) is 0 Å². The average Bonchev–Trinajstić information content (AvgIpc) is 3.04. The number of rotatable bonds is 5. The number of nitrogens with zero attached hydrogens (tertiary/aromatic N) is 2. The lowest BCUT2D eigenvalue weighted by atomic mass is 10.2. The molecule has 0 aliphatic heterocycles. The van der Waals surface area contributed by atoms with Crippen LogP contribution in [-0.4, -0.2) is 27.5 Å². The number of nitrogens with one attached hydrogen (secondary N) is 1. The molecule has 126 valence electrons. The van der Waals surface area contributed by atoms with E-state index in [2.05, 4.69) is 9.71 Å². The molecule has 0 saturated heterocycles. The van der Waals surface area contributed by atoms with Crippen molar-refractivity contribution in [3.05, 3.63) is 54.4 Å². The number of anilines is 1. The molecule has 1 unspecified atom stereocenters. The van der Waals surface area contributed by atoms with Crippen LogP contribution in [0.3, 0.4) is 0 Å². The van der Waals surface area contributed by atoms with E-state index in [4.69, 9.17) is 4.42 Å². The van der Waals surface area contributed by atoms with E-state index in [1.807, 2.05) is 49.2 Å². The third-order valence-corrected chi connectivity index (χ3v) is 5.50. The molecule has 0 bridgehead atoms. The van der Waals surface area contributed by atoms with Gasteiger partial charge in [0.2, 0.25) is 10.0 Å². The predicted octanol–water partition coefficient (Wildman–Crippen LogP) is 2.93. The van der Waals surface area contributed by atoms with Crippen LogP contribution in [0.4, 0.5) is 5.82 Å². The molecule has 0 fully saturated rings.